The molecule has 5 heteroatoms. The van der Waals surface area contributed by atoms with Crippen LogP contribution in [0.1, 0.15) is 24.0 Å². The van der Waals surface area contributed by atoms with Crippen LogP contribution >= 0.6 is 0 Å². The number of nitrogens with one attached hydrogen (secondary N) is 1. The summed E-state index contributed by atoms with van der Waals surface area (Å²) < 4.78 is 11.0. The summed E-state index contributed by atoms with van der Waals surface area (Å²) in [5.41, 5.74) is 3.44. The highest BCUT2D eigenvalue weighted by molar-refractivity contribution is 5.77. The van der Waals surface area contributed by atoms with Gasteiger partial charge in [0, 0.05) is 26.8 Å². The van der Waals surface area contributed by atoms with Crippen LogP contribution in [0.5, 0.6) is 5.75 Å². The second-order valence-electron chi connectivity index (χ2n) is 6.95. The molecule has 1 aliphatic rings. The van der Waals surface area contributed by atoms with Crippen LogP contribution in [-0.4, -0.2) is 38.8 Å². The smallest absolute Gasteiger partial charge is 0.222 e. The Labute approximate surface area is 161 Å². The fourth-order valence-electron chi connectivity index (χ4n) is 3.34. The molecule has 1 atom stereocenters. The molecule has 0 bridgehead atoms. The molecule has 0 saturated carbocycles. The number of amides is 1. The maximum atomic E-state index is 12.4. The molecule has 0 saturated heterocycles. The molecule has 0 fully saturated rings. The lowest BCUT2D eigenvalue weighted by Crippen LogP contribution is -2.45. The van der Waals surface area contributed by atoms with Crippen LogP contribution < -0.4 is 15.0 Å². The number of nitrogens with zero attached hydrogens (tertiary/aromatic N) is 1. The minimum Gasteiger partial charge on any atom is -0.489 e. The number of fused-ring (bicyclic) bond motifs is 1. The Hall–Kier alpha value is -2.53. The normalized spacial score (nSPS) is 15.8. The molecule has 0 radical (unpaired) electrons. The lowest BCUT2D eigenvalue weighted by Gasteiger charge is -2.38. The van der Waals surface area contributed by atoms with Gasteiger partial charge in [-0.1, -0.05) is 36.4 Å². The Kier molecular flexibility index (Phi) is 6.71. The van der Waals surface area contributed by atoms with Crippen molar-refractivity contribution in [1.82, 2.24) is 5.32 Å². The Balaban J connectivity index is 1.73. The van der Waals surface area contributed by atoms with E-state index in [4.69, 9.17) is 9.47 Å². The van der Waals surface area contributed by atoms with Crippen molar-refractivity contribution in [3.63, 3.8) is 0 Å². The van der Waals surface area contributed by atoms with Crippen molar-refractivity contribution in [3.8, 4) is 5.75 Å². The van der Waals surface area contributed by atoms with E-state index in [-0.39, 0.29) is 11.9 Å². The molecule has 1 aliphatic heterocycles. The quantitative estimate of drug-likeness (QED) is 0.727. The highest BCUT2D eigenvalue weighted by atomic mass is 16.5. The molecule has 3 rings (SSSR count). The first-order valence-electron chi connectivity index (χ1n) is 9.47. The number of anilines is 1. The van der Waals surface area contributed by atoms with E-state index in [2.05, 4.69) is 47.5 Å². The Morgan fingerprint density at radius 1 is 1.26 bits per heavy atom. The zero-order valence-electron chi connectivity index (χ0n) is 16.1. The van der Waals surface area contributed by atoms with Crippen LogP contribution in [0, 0.1) is 6.92 Å². The molecule has 2 aromatic carbocycles. The number of methoxy groups -OCH3 is 1. The lowest BCUT2D eigenvalue weighted by atomic mass is 10.0. The van der Waals surface area contributed by atoms with E-state index < -0.39 is 0 Å². The maximum absolute atomic E-state index is 12.4. The van der Waals surface area contributed by atoms with E-state index in [1.54, 1.807) is 7.11 Å². The zero-order valence-corrected chi connectivity index (χ0v) is 16.1. The third-order valence-electron chi connectivity index (χ3n) is 4.76. The molecule has 1 amide bonds. The fraction of sp³-hybridized carbons (Fsp3) is 0.409. The number of carbonyl (C=O) groups is 1. The average molecular weight is 368 g/mol. The number of hydrogen-bond acceptors (Lipinski definition) is 4. The molecule has 1 N–H and O–H groups in total. The molecule has 5 nitrogen and oxygen atoms in total. The standard InChI is InChI=1S/C22H28N2O3/c1-17-9-10-20-21(13-17)27-16-19(14-22(25)23-11-6-12-26-2)24(20)15-18-7-4-3-5-8-18/h3-5,7-10,13,19H,6,11-12,14-16H2,1-2H3,(H,23,25). The van der Waals surface area contributed by atoms with E-state index in [9.17, 15) is 4.79 Å². The molecule has 0 aliphatic carbocycles. The fourth-order valence-corrected chi connectivity index (χ4v) is 3.34. The van der Waals surface area contributed by atoms with Crippen molar-refractivity contribution >= 4 is 11.6 Å². The molecule has 27 heavy (non-hydrogen) atoms. The van der Waals surface area contributed by atoms with Crippen molar-refractivity contribution in [2.45, 2.75) is 32.4 Å². The maximum Gasteiger partial charge on any atom is 0.222 e. The summed E-state index contributed by atoms with van der Waals surface area (Å²) in [6, 6.07) is 16.6. The van der Waals surface area contributed by atoms with Gasteiger partial charge in [0.1, 0.15) is 12.4 Å². The van der Waals surface area contributed by atoms with Gasteiger partial charge in [-0.2, -0.15) is 0 Å². The molecular weight excluding hydrogens is 340 g/mol. The van der Waals surface area contributed by atoms with Crippen LogP contribution in [0.2, 0.25) is 0 Å². The topological polar surface area (TPSA) is 50.8 Å². The third kappa shape index (κ3) is 5.23. The first-order chi connectivity index (χ1) is 13.2. The second-order valence-corrected chi connectivity index (χ2v) is 6.95. The van der Waals surface area contributed by atoms with Crippen LogP contribution in [0.4, 0.5) is 5.69 Å². The minimum atomic E-state index is 0.00263. The summed E-state index contributed by atoms with van der Waals surface area (Å²) in [6.07, 6.45) is 1.23. The summed E-state index contributed by atoms with van der Waals surface area (Å²) in [4.78, 5) is 14.7. The van der Waals surface area contributed by atoms with Gasteiger partial charge >= 0.3 is 0 Å². The number of carbonyl (C=O) groups excluding carboxylic acids is 1. The van der Waals surface area contributed by atoms with Crippen LogP contribution in [0.15, 0.2) is 48.5 Å². The van der Waals surface area contributed by atoms with Crippen LogP contribution in [-0.2, 0) is 16.1 Å². The summed E-state index contributed by atoms with van der Waals surface area (Å²) in [6.45, 7) is 4.61. The van der Waals surface area contributed by atoms with Gasteiger partial charge in [-0.3, -0.25) is 4.79 Å². The molecule has 1 heterocycles. The van der Waals surface area contributed by atoms with Gasteiger partial charge < -0.3 is 19.7 Å². The molecule has 2 aromatic rings. The van der Waals surface area contributed by atoms with Crippen molar-refractivity contribution in [3.05, 3.63) is 59.7 Å². The number of rotatable bonds is 8. The number of ether oxygens (including phenoxy) is 2. The number of benzene rings is 2. The van der Waals surface area contributed by atoms with E-state index >= 15 is 0 Å². The van der Waals surface area contributed by atoms with E-state index in [0.717, 1.165) is 24.4 Å². The van der Waals surface area contributed by atoms with Crippen molar-refractivity contribution in [1.29, 1.82) is 0 Å². The first-order valence-corrected chi connectivity index (χ1v) is 9.47. The minimum absolute atomic E-state index is 0.00263. The van der Waals surface area contributed by atoms with E-state index in [1.807, 2.05) is 18.2 Å². The Morgan fingerprint density at radius 2 is 2.07 bits per heavy atom. The SMILES string of the molecule is COCCCNC(=O)CC1COc2cc(C)ccc2N1Cc1ccccc1. The largest absolute Gasteiger partial charge is 0.489 e. The van der Waals surface area contributed by atoms with Gasteiger partial charge in [-0.25, -0.2) is 0 Å². The summed E-state index contributed by atoms with van der Waals surface area (Å²) in [5, 5.41) is 2.98. The van der Waals surface area contributed by atoms with E-state index in [1.165, 1.54) is 11.1 Å². The van der Waals surface area contributed by atoms with Crippen LogP contribution in [0.3, 0.4) is 0 Å². The number of aryl methyl sites for hydroxylation is 1. The summed E-state index contributed by atoms with van der Waals surface area (Å²) in [7, 11) is 1.67. The third-order valence-corrected chi connectivity index (χ3v) is 4.76. The Bertz CT molecular complexity index is 748. The zero-order chi connectivity index (χ0) is 19.1. The predicted octanol–water partition coefficient (Wildman–Crippen LogP) is 3.31. The van der Waals surface area contributed by atoms with Gasteiger partial charge in [0.2, 0.25) is 5.91 Å². The monoisotopic (exact) mass is 368 g/mol. The molecule has 144 valence electrons. The highest BCUT2D eigenvalue weighted by Gasteiger charge is 2.29. The number of hydrogen-bond donors (Lipinski definition) is 1. The van der Waals surface area contributed by atoms with Crippen molar-refractivity contribution < 1.29 is 14.3 Å². The van der Waals surface area contributed by atoms with E-state index in [0.29, 0.717) is 26.2 Å². The summed E-state index contributed by atoms with van der Waals surface area (Å²) in [5.74, 6) is 0.941. The van der Waals surface area contributed by atoms with Gasteiger partial charge in [-0.15, -0.1) is 0 Å². The van der Waals surface area contributed by atoms with Crippen molar-refractivity contribution in [2.75, 3.05) is 31.8 Å². The molecule has 0 spiro atoms. The first kappa shape index (κ1) is 19.2. The molecular formula is C22H28N2O3. The van der Waals surface area contributed by atoms with Gasteiger partial charge in [0.25, 0.3) is 0 Å². The van der Waals surface area contributed by atoms with Gasteiger partial charge in [0.15, 0.2) is 0 Å². The van der Waals surface area contributed by atoms with Gasteiger partial charge in [0.05, 0.1) is 18.2 Å². The van der Waals surface area contributed by atoms with Gasteiger partial charge in [-0.05, 0) is 36.6 Å². The lowest BCUT2D eigenvalue weighted by molar-refractivity contribution is -0.121. The molecule has 1 unspecified atom stereocenters. The van der Waals surface area contributed by atoms with Crippen molar-refractivity contribution in [2.24, 2.45) is 0 Å². The molecule has 0 aromatic heterocycles. The second kappa shape index (κ2) is 9.42. The predicted molar refractivity (Wildman–Crippen MR) is 107 cm³/mol. The highest BCUT2D eigenvalue weighted by Crippen LogP contribution is 2.36. The average Bonchev–Trinajstić information content (AvgIpc) is 2.68. The van der Waals surface area contributed by atoms with Crippen LogP contribution in [0.25, 0.3) is 0 Å². The summed E-state index contributed by atoms with van der Waals surface area (Å²) >= 11 is 0. The Morgan fingerprint density at radius 3 is 2.85 bits per heavy atom.